The molecule has 1 aliphatic carbocycles. The predicted molar refractivity (Wildman–Crippen MR) is 128 cm³/mol. The monoisotopic (exact) mass is 457 g/mol. The molecule has 4 bridgehead atoms. The van der Waals surface area contributed by atoms with Crippen LogP contribution in [0.3, 0.4) is 0 Å². The van der Waals surface area contributed by atoms with Gasteiger partial charge in [-0.15, -0.1) is 0 Å². The van der Waals surface area contributed by atoms with Crippen molar-refractivity contribution in [2.24, 2.45) is 5.92 Å². The molecule has 1 saturated heterocycles. The minimum absolute atomic E-state index is 0.160. The Morgan fingerprint density at radius 2 is 2.03 bits per heavy atom. The lowest BCUT2D eigenvalue weighted by Crippen LogP contribution is -2.37. The van der Waals surface area contributed by atoms with Crippen molar-refractivity contribution in [1.82, 2.24) is 34.5 Å². The fourth-order valence-corrected chi connectivity index (χ4v) is 4.67. The first kappa shape index (κ1) is 19.7. The Hall–Kier alpha value is -3.69. The third kappa shape index (κ3) is 3.36. The van der Waals surface area contributed by atoms with Gasteiger partial charge in [-0.2, -0.15) is 10.2 Å². The minimum atomic E-state index is 0.160. The maximum Gasteiger partial charge on any atom is 0.223 e. The zero-order valence-electron chi connectivity index (χ0n) is 19.2. The number of nitrogens with one attached hydrogen (secondary N) is 1. The number of hydrogen-bond acceptors (Lipinski definition) is 8. The third-order valence-electron chi connectivity index (χ3n) is 6.99. The number of pyridine rings is 1. The number of fused-ring (bicyclic) bond motifs is 5. The first-order valence-electron chi connectivity index (χ1n) is 12.2. The van der Waals surface area contributed by atoms with Crippen molar-refractivity contribution in [2.45, 2.75) is 45.2 Å². The van der Waals surface area contributed by atoms with Gasteiger partial charge in [-0.25, -0.2) is 19.6 Å². The molecule has 1 atom stereocenters. The Labute approximate surface area is 197 Å². The van der Waals surface area contributed by atoms with Crippen LogP contribution < -0.4 is 15.0 Å². The second-order valence-corrected chi connectivity index (χ2v) is 9.56. The Bertz CT molecular complexity index is 1370. The summed E-state index contributed by atoms with van der Waals surface area (Å²) in [7, 11) is 0. The molecule has 0 radical (unpaired) electrons. The number of nitrogens with zero attached hydrogens (tertiary/aromatic N) is 8. The summed E-state index contributed by atoms with van der Waals surface area (Å²) >= 11 is 0. The molecule has 174 valence electrons. The second-order valence-electron chi connectivity index (χ2n) is 9.56. The van der Waals surface area contributed by atoms with Gasteiger partial charge in [0.15, 0.2) is 11.6 Å². The lowest BCUT2D eigenvalue weighted by atomic mass is 10.2. The van der Waals surface area contributed by atoms with Crippen LogP contribution in [0, 0.1) is 5.92 Å². The summed E-state index contributed by atoms with van der Waals surface area (Å²) in [6.07, 6.45) is 10.0. The molecule has 1 N–H and O–H groups in total. The van der Waals surface area contributed by atoms with E-state index in [0.717, 1.165) is 60.0 Å². The van der Waals surface area contributed by atoms with Crippen molar-refractivity contribution in [3.63, 3.8) is 0 Å². The van der Waals surface area contributed by atoms with Crippen LogP contribution >= 0.6 is 0 Å². The molecule has 7 rings (SSSR count). The van der Waals surface area contributed by atoms with Gasteiger partial charge in [0.05, 0.1) is 29.7 Å². The van der Waals surface area contributed by atoms with Crippen LogP contribution in [0.15, 0.2) is 30.7 Å². The molecule has 10 nitrogen and oxygen atoms in total. The number of anilines is 3. The van der Waals surface area contributed by atoms with Crippen LogP contribution in [-0.4, -0.2) is 54.2 Å². The SMILES string of the molecule is CC1CCOc2c(cnn2CC2CC2)-c2nccc(n2)Nc2cc3c(cn2)c(N2CCC2)nn31. The summed E-state index contributed by atoms with van der Waals surface area (Å²) in [5.74, 6) is 4.46. The quantitative estimate of drug-likeness (QED) is 0.496. The third-order valence-corrected chi connectivity index (χ3v) is 6.99. The molecule has 0 spiro atoms. The number of hydrogen-bond donors (Lipinski definition) is 1. The van der Waals surface area contributed by atoms with E-state index in [1.165, 1.54) is 19.3 Å². The number of aromatic nitrogens is 7. The van der Waals surface area contributed by atoms with E-state index in [4.69, 9.17) is 14.8 Å². The smallest absolute Gasteiger partial charge is 0.223 e. The van der Waals surface area contributed by atoms with E-state index in [9.17, 15) is 0 Å². The van der Waals surface area contributed by atoms with Gasteiger partial charge in [0.1, 0.15) is 17.2 Å². The molecule has 6 heterocycles. The van der Waals surface area contributed by atoms with Crippen LogP contribution in [0.25, 0.3) is 22.3 Å². The largest absolute Gasteiger partial charge is 0.477 e. The summed E-state index contributed by atoms with van der Waals surface area (Å²) in [6, 6.07) is 4.07. The standard InChI is InChI=1S/C24H27N9O/c1-15-6-10-34-24-18(13-27-32(24)14-16-3-4-16)22-25-7-5-20(29-22)28-21-11-19-17(12-26-21)23(30-33(15)19)31-8-2-9-31/h5,7,11-13,15-16H,2-4,6,8-10,14H2,1H3,(H,25,26,28,29). The van der Waals surface area contributed by atoms with E-state index in [0.29, 0.717) is 24.2 Å². The lowest BCUT2D eigenvalue weighted by molar-refractivity contribution is 0.254. The molecule has 3 aliphatic rings. The molecular weight excluding hydrogens is 430 g/mol. The molecule has 4 aromatic heterocycles. The van der Waals surface area contributed by atoms with Crippen LogP contribution in [0.5, 0.6) is 5.88 Å². The first-order chi connectivity index (χ1) is 16.7. The van der Waals surface area contributed by atoms with E-state index in [1.807, 2.05) is 23.1 Å². The van der Waals surface area contributed by atoms with Crippen molar-refractivity contribution >= 4 is 28.4 Å². The van der Waals surface area contributed by atoms with Gasteiger partial charge in [0.25, 0.3) is 0 Å². The average Bonchev–Trinajstić information content (AvgIpc) is 3.43. The summed E-state index contributed by atoms with van der Waals surface area (Å²) in [5, 5.41) is 14.1. The molecular formula is C24H27N9O. The van der Waals surface area contributed by atoms with Crippen LogP contribution in [0.4, 0.5) is 17.5 Å². The van der Waals surface area contributed by atoms with Crippen LogP contribution in [0.1, 0.15) is 38.6 Å². The Kier molecular flexibility index (Phi) is 4.46. The Morgan fingerprint density at radius 3 is 2.85 bits per heavy atom. The van der Waals surface area contributed by atoms with E-state index >= 15 is 0 Å². The highest BCUT2D eigenvalue weighted by atomic mass is 16.5. The van der Waals surface area contributed by atoms with Crippen molar-refractivity contribution in [3.8, 4) is 17.3 Å². The topological polar surface area (TPSA) is 98.8 Å². The summed E-state index contributed by atoms with van der Waals surface area (Å²) in [4.78, 5) is 16.3. The van der Waals surface area contributed by atoms with E-state index in [1.54, 1.807) is 6.20 Å². The minimum Gasteiger partial charge on any atom is -0.477 e. The van der Waals surface area contributed by atoms with Gasteiger partial charge in [0, 0.05) is 44.5 Å². The summed E-state index contributed by atoms with van der Waals surface area (Å²) in [6.45, 7) is 5.71. The molecule has 10 heteroatoms. The molecule has 2 fully saturated rings. The van der Waals surface area contributed by atoms with Crippen molar-refractivity contribution < 1.29 is 4.74 Å². The highest BCUT2D eigenvalue weighted by Crippen LogP contribution is 2.36. The fourth-order valence-electron chi connectivity index (χ4n) is 4.67. The van der Waals surface area contributed by atoms with Gasteiger partial charge in [0.2, 0.25) is 5.88 Å². The summed E-state index contributed by atoms with van der Waals surface area (Å²) < 4.78 is 10.5. The molecule has 0 amide bonds. The molecule has 0 aromatic carbocycles. The normalized spacial score (nSPS) is 19.8. The van der Waals surface area contributed by atoms with Crippen molar-refractivity contribution in [1.29, 1.82) is 0 Å². The maximum absolute atomic E-state index is 6.37. The van der Waals surface area contributed by atoms with Gasteiger partial charge in [-0.05, 0) is 38.2 Å². The molecule has 4 aromatic rings. The van der Waals surface area contributed by atoms with Gasteiger partial charge in [-0.3, -0.25) is 4.68 Å². The number of ether oxygens (including phenoxy) is 1. The highest BCUT2D eigenvalue weighted by Gasteiger charge is 2.27. The Morgan fingerprint density at radius 1 is 1.12 bits per heavy atom. The van der Waals surface area contributed by atoms with Crippen molar-refractivity contribution in [2.75, 3.05) is 29.9 Å². The second kappa shape index (κ2) is 7.68. The van der Waals surface area contributed by atoms with Gasteiger partial charge < -0.3 is 15.0 Å². The zero-order chi connectivity index (χ0) is 22.6. The first-order valence-corrected chi connectivity index (χ1v) is 12.2. The fraction of sp³-hybridized carbons (Fsp3) is 0.458. The van der Waals surface area contributed by atoms with E-state index in [2.05, 4.69) is 43.0 Å². The molecule has 34 heavy (non-hydrogen) atoms. The molecule has 1 unspecified atom stereocenters. The average molecular weight is 458 g/mol. The Balaban J connectivity index is 1.33. The number of rotatable bonds is 3. The molecule has 1 saturated carbocycles. The van der Waals surface area contributed by atoms with Gasteiger partial charge >= 0.3 is 0 Å². The van der Waals surface area contributed by atoms with E-state index < -0.39 is 0 Å². The molecule has 2 aliphatic heterocycles. The predicted octanol–water partition coefficient (Wildman–Crippen LogP) is 3.79. The maximum atomic E-state index is 6.37. The zero-order valence-corrected chi connectivity index (χ0v) is 19.2. The lowest BCUT2D eigenvalue weighted by Gasteiger charge is -2.31. The van der Waals surface area contributed by atoms with Crippen LogP contribution in [0.2, 0.25) is 0 Å². The van der Waals surface area contributed by atoms with E-state index in [-0.39, 0.29) is 6.04 Å². The van der Waals surface area contributed by atoms with Gasteiger partial charge in [-0.1, -0.05) is 0 Å². The van der Waals surface area contributed by atoms with Crippen molar-refractivity contribution in [3.05, 3.63) is 30.7 Å². The van der Waals surface area contributed by atoms with Crippen LogP contribution in [-0.2, 0) is 6.54 Å². The highest BCUT2D eigenvalue weighted by molar-refractivity contribution is 5.92. The summed E-state index contributed by atoms with van der Waals surface area (Å²) in [5.41, 5.74) is 1.88.